The van der Waals surface area contributed by atoms with Crippen molar-refractivity contribution in [3.63, 3.8) is 0 Å². The third-order valence-electron chi connectivity index (χ3n) is 3.11. The van der Waals surface area contributed by atoms with Gasteiger partial charge in [0, 0.05) is 11.3 Å². The molecule has 0 spiro atoms. The topological polar surface area (TPSA) is 28.7 Å². The van der Waals surface area contributed by atoms with Crippen LogP contribution < -0.4 is 0 Å². The number of imidazole rings is 1. The fourth-order valence-electron chi connectivity index (χ4n) is 2.36. The van der Waals surface area contributed by atoms with Crippen molar-refractivity contribution in [3.05, 3.63) is 41.3 Å². The summed E-state index contributed by atoms with van der Waals surface area (Å²) in [5.74, 6) is 0. The molecule has 1 N–H and O–H groups in total. The summed E-state index contributed by atoms with van der Waals surface area (Å²) >= 11 is 0. The molecule has 2 nitrogen and oxygen atoms in total. The number of aromatic amines is 1. The molecular formula is C15H20N2. The molecule has 1 aliphatic carbocycles. The van der Waals surface area contributed by atoms with Crippen LogP contribution in [-0.4, -0.2) is 9.97 Å². The summed E-state index contributed by atoms with van der Waals surface area (Å²) in [7, 11) is 0. The predicted molar refractivity (Wildman–Crippen MR) is 72.1 cm³/mol. The molecule has 90 valence electrons. The molecule has 1 aromatic carbocycles. The Balaban J connectivity index is 0.000000514. The molecule has 0 saturated heterocycles. The monoisotopic (exact) mass is 228 g/mol. The van der Waals surface area contributed by atoms with E-state index in [1.165, 1.54) is 35.2 Å². The minimum absolute atomic E-state index is 1.11. The van der Waals surface area contributed by atoms with Gasteiger partial charge in [-0.25, -0.2) is 4.98 Å². The van der Waals surface area contributed by atoms with Crippen LogP contribution in [0.3, 0.4) is 0 Å². The Morgan fingerprint density at radius 2 is 2.00 bits per heavy atom. The first-order chi connectivity index (χ1) is 8.34. The van der Waals surface area contributed by atoms with Crippen LogP contribution in [0.15, 0.2) is 24.5 Å². The first-order valence-electron chi connectivity index (χ1n) is 6.47. The Bertz CT molecular complexity index is 497. The number of aromatic nitrogens is 2. The normalized spacial score (nSPS) is 12.9. The van der Waals surface area contributed by atoms with Crippen molar-refractivity contribution in [3.8, 4) is 11.3 Å². The highest BCUT2D eigenvalue weighted by Crippen LogP contribution is 2.30. The molecule has 2 heteroatoms. The minimum atomic E-state index is 1.11. The average molecular weight is 228 g/mol. The molecule has 3 rings (SSSR count). The maximum atomic E-state index is 4.43. The quantitative estimate of drug-likeness (QED) is 0.728. The summed E-state index contributed by atoms with van der Waals surface area (Å²) in [6.45, 7) is 6.15. The third kappa shape index (κ3) is 2.26. The maximum absolute atomic E-state index is 4.43. The fourth-order valence-corrected chi connectivity index (χ4v) is 2.36. The fraction of sp³-hybridized carbons (Fsp3) is 0.400. The highest BCUT2D eigenvalue weighted by atomic mass is 14.9. The zero-order valence-corrected chi connectivity index (χ0v) is 10.9. The lowest BCUT2D eigenvalue weighted by Gasteiger charge is -2.05. The van der Waals surface area contributed by atoms with Gasteiger partial charge < -0.3 is 4.98 Å². The van der Waals surface area contributed by atoms with E-state index < -0.39 is 0 Å². The molecule has 1 aromatic heterocycles. The Labute approximate surface area is 103 Å². The molecule has 17 heavy (non-hydrogen) atoms. The average Bonchev–Trinajstić information content (AvgIpc) is 2.74. The van der Waals surface area contributed by atoms with E-state index in [1.807, 2.05) is 13.8 Å². The van der Waals surface area contributed by atoms with E-state index in [2.05, 4.69) is 35.1 Å². The van der Waals surface area contributed by atoms with E-state index in [9.17, 15) is 0 Å². The van der Waals surface area contributed by atoms with E-state index >= 15 is 0 Å². The maximum Gasteiger partial charge on any atom is 0.0929 e. The Kier molecular flexibility index (Phi) is 3.62. The first kappa shape index (κ1) is 11.9. The molecule has 2 aromatic rings. The van der Waals surface area contributed by atoms with Crippen molar-refractivity contribution in [1.29, 1.82) is 0 Å². The molecule has 0 atom stereocenters. The lowest BCUT2D eigenvalue weighted by atomic mass is 10.0. The summed E-state index contributed by atoms with van der Waals surface area (Å²) in [5.41, 5.74) is 6.54. The Morgan fingerprint density at radius 3 is 2.82 bits per heavy atom. The van der Waals surface area contributed by atoms with Crippen LogP contribution in [0, 0.1) is 6.92 Å². The van der Waals surface area contributed by atoms with Crippen LogP contribution in [-0.2, 0) is 12.8 Å². The second-order valence-corrected chi connectivity index (χ2v) is 4.24. The minimum Gasteiger partial charge on any atom is -0.348 e. The number of fused-ring (bicyclic) bond motifs is 3. The molecule has 0 radical (unpaired) electrons. The molecule has 1 aliphatic rings. The van der Waals surface area contributed by atoms with Crippen molar-refractivity contribution in [2.75, 3.05) is 0 Å². The second-order valence-electron chi connectivity index (χ2n) is 4.24. The van der Waals surface area contributed by atoms with Gasteiger partial charge in [0.2, 0.25) is 0 Å². The van der Waals surface area contributed by atoms with Crippen LogP contribution in [0.4, 0.5) is 0 Å². The number of aryl methyl sites for hydroxylation is 3. The number of rotatable bonds is 0. The van der Waals surface area contributed by atoms with Gasteiger partial charge in [-0.1, -0.05) is 37.6 Å². The first-order valence-corrected chi connectivity index (χ1v) is 6.47. The van der Waals surface area contributed by atoms with Crippen molar-refractivity contribution in [2.45, 2.75) is 40.0 Å². The van der Waals surface area contributed by atoms with Gasteiger partial charge in [-0.05, 0) is 31.7 Å². The van der Waals surface area contributed by atoms with E-state index in [-0.39, 0.29) is 0 Å². The van der Waals surface area contributed by atoms with Gasteiger partial charge in [-0.3, -0.25) is 0 Å². The van der Waals surface area contributed by atoms with Crippen molar-refractivity contribution >= 4 is 0 Å². The zero-order chi connectivity index (χ0) is 12.3. The SMILES string of the molecule is CC.Cc1ccc2c(c1)CCCc1[nH]cnc1-2. The predicted octanol–water partition coefficient (Wildman–Crippen LogP) is 3.90. The van der Waals surface area contributed by atoms with Crippen LogP contribution in [0.1, 0.15) is 37.1 Å². The van der Waals surface area contributed by atoms with Gasteiger partial charge >= 0.3 is 0 Å². The summed E-state index contributed by atoms with van der Waals surface area (Å²) in [4.78, 5) is 7.67. The van der Waals surface area contributed by atoms with Crippen LogP contribution in [0.25, 0.3) is 11.3 Å². The highest BCUT2D eigenvalue weighted by Gasteiger charge is 2.15. The second kappa shape index (κ2) is 5.17. The lowest BCUT2D eigenvalue weighted by molar-refractivity contribution is 0.817. The van der Waals surface area contributed by atoms with Crippen molar-refractivity contribution < 1.29 is 0 Å². The Morgan fingerprint density at radius 1 is 1.18 bits per heavy atom. The van der Waals surface area contributed by atoms with Crippen molar-refractivity contribution in [2.24, 2.45) is 0 Å². The number of hydrogen-bond acceptors (Lipinski definition) is 1. The van der Waals surface area contributed by atoms with Gasteiger partial charge in [0.25, 0.3) is 0 Å². The van der Waals surface area contributed by atoms with Crippen molar-refractivity contribution in [1.82, 2.24) is 9.97 Å². The van der Waals surface area contributed by atoms with Crippen LogP contribution in [0.2, 0.25) is 0 Å². The number of nitrogens with zero attached hydrogens (tertiary/aromatic N) is 1. The van der Waals surface area contributed by atoms with Gasteiger partial charge in [0.05, 0.1) is 12.0 Å². The number of H-pyrrole nitrogens is 1. The zero-order valence-electron chi connectivity index (χ0n) is 10.9. The molecule has 1 heterocycles. The summed E-state index contributed by atoms with van der Waals surface area (Å²) < 4.78 is 0. The van der Waals surface area contributed by atoms with Crippen LogP contribution >= 0.6 is 0 Å². The number of nitrogens with one attached hydrogen (secondary N) is 1. The highest BCUT2D eigenvalue weighted by molar-refractivity contribution is 5.67. The van der Waals surface area contributed by atoms with E-state index in [1.54, 1.807) is 6.33 Å². The molecule has 0 aliphatic heterocycles. The summed E-state index contributed by atoms with van der Waals surface area (Å²) in [6, 6.07) is 6.66. The summed E-state index contributed by atoms with van der Waals surface area (Å²) in [6.07, 6.45) is 5.30. The van der Waals surface area contributed by atoms with Gasteiger partial charge in [0.1, 0.15) is 0 Å². The standard InChI is InChI=1S/C13H14N2.C2H6/c1-9-5-6-11-10(7-9)3-2-4-12-13(11)15-8-14-12;1-2/h5-8H,2-4H2,1H3,(H,14,15);1-2H3. The number of benzene rings is 1. The van der Waals surface area contributed by atoms with Crippen LogP contribution in [0.5, 0.6) is 0 Å². The number of hydrogen-bond donors (Lipinski definition) is 1. The summed E-state index contributed by atoms with van der Waals surface area (Å²) in [5, 5.41) is 0. The molecule has 0 fully saturated rings. The molecule has 0 amide bonds. The smallest absolute Gasteiger partial charge is 0.0929 e. The lowest BCUT2D eigenvalue weighted by Crippen LogP contribution is -1.88. The largest absolute Gasteiger partial charge is 0.348 e. The molecule has 0 saturated carbocycles. The van der Waals surface area contributed by atoms with E-state index in [4.69, 9.17) is 0 Å². The van der Waals surface area contributed by atoms with E-state index in [0.717, 1.165) is 12.1 Å². The molecule has 0 bridgehead atoms. The van der Waals surface area contributed by atoms with Gasteiger partial charge in [0.15, 0.2) is 0 Å². The van der Waals surface area contributed by atoms with Gasteiger partial charge in [-0.15, -0.1) is 0 Å². The Hall–Kier alpha value is -1.57. The van der Waals surface area contributed by atoms with E-state index in [0.29, 0.717) is 0 Å². The molecule has 0 unspecified atom stereocenters. The molecular weight excluding hydrogens is 208 g/mol. The third-order valence-corrected chi connectivity index (χ3v) is 3.11. The van der Waals surface area contributed by atoms with Gasteiger partial charge in [-0.2, -0.15) is 0 Å².